The molecule has 7 heteroatoms. The van der Waals surface area contributed by atoms with Gasteiger partial charge in [-0.2, -0.15) is 0 Å². The fraction of sp³-hybridized carbons (Fsp3) is 0.296. The first kappa shape index (κ1) is 24.0. The van der Waals surface area contributed by atoms with Gasteiger partial charge in [-0.3, -0.25) is 14.4 Å². The molecule has 1 heterocycles. The molecule has 1 aliphatic heterocycles. The normalized spacial score (nSPS) is 15.1. The van der Waals surface area contributed by atoms with Crippen molar-refractivity contribution in [2.45, 2.75) is 38.1 Å². The first-order chi connectivity index (χ1) is 16.3. The third kappa shape index (κ3) is 6.04. The summed E-state index contributed by atoms with van der Waals surface area (Å²) in [4.78, 5) is 15.3. The number of benzene rings is 3. The van der Waals surface area contributed by atoms with E-state index in [1.54, 1.807) is 30.3 Å². The molecule has 0 spiro atoms. The fourth-order valence-electron chi connectivity index (χ4n) is 4.27. The molecule has 34 heavy (non-hydrogen) atoms. The Bertz CT molecular complexity index is 1250. The maximum Gasteiger partial charge on any atom is 0.261 e. The molecule has 178 valence electrons. The summed E-state index contributed by atoms with van der Waals surface area (Å²) in [7, 11) is -3.70. The van der Waals surface area contributed by atoms with E-state index in [0.717, 1.165) is 38.0 Å². The molecule has 4 rings (SSSR count). The standard InChI is InChI=1S/C27H31N3O3S/c1-20-6-5-9-25(18-20)29-34(32,33)26-12-10-24(11-13-26)28-27(31)22-14-16-30(17-15-22)19-23-8-4-3-7-21(23)2/h3-13,18,22,29H,14-17,19H2,1-2H3,(H,28,31). The minimum atomic E-state index is -3.70. The van der Waals surface area contributed by atoms with Gasteiger partial charge >= 0.3 is 0 Å². The highest BCUT2D eigenvalue weighted by Crippen LogP contribution is 2.23. The summed E-state index contributed by atoms with van der Waals surface area (Å²) in [5.74, 6) is -0.0523. The van der Waals surface area contributed by atoms with E-state index in [9.17, 15) is 13.2 Å². The van der Waals surface area contributed by atoms with Gasteiger partial charge in [-0.15, -0.1) is 0 Å². The fourth-order valence-corrected chi connectivity index (χ4v) is 5.32. The molecule has 0 aromatic heterocycles. The Kier molecular flexibility index (Phi) is 7.34. The van der Waals surface area contributed by atoms with Crippen molar-refractivity contribution in [2.24, 2.45) is 5.92 Å². The minimum absolute atomic E-state index is 0.0102. The third-order valence-electron chi connectivity index (χ3n) is 6.32. The van der Waals surface area contributed by atoms with Crippen molar-refractivity contribution in [3.8, 4) is 0 Å². The molecule has 0 atom stereocenters. The second-order valence-corrected chi connectivity index (χ2v) is 10.6. The van der Waals surface area contributed by atoms with E-state index in [1.807, 2.05) is 13.0 Å². The Morgan fingerprint density at radius 1 is 0.912 bits per heavy atom. The van der Waals surface area contributed by atoms with Gasteiger partial charge in [0.05, 0.1) is 4.90 Å². The van der Waals surface area contributed by atoms with E-state index < -0.39 is 10.0 Å². The monoisotopic (exact) mass is 477 g/mol. The lowest BCUT2D eigenvalue weighted by molar-refractivity contribution is -0.121. The molecule has 3 aromatic rings. The molecule has 1 fully saturated rings. The Morgan fingerprint density at radius 3 is 2.29 bits per heavy atom. The maximum atomic E-state index is 12.8. The number of hydrogen-bond donors (Lipinski definition) is 2. The summed E-state index contributed by atoms with van der Waals surface area (Å²) in [5, 5.41) is 2.95. The zero-order chi connectivity index (χ0) is 24.1. The number of nitrogens with one attached hydrogen (secondary N) is 2. The van der Waals surface area contributed by atoms with Crippen molar-refractivity contribution < 1.29 is 13.2 Å². The lowest BCUT2D eigenvalue weighted by atomic mass is 9.95. The Morgan fingerprint density at radius 2 is 1.62 bits per heavy atom. The summed E-state index contributed by atoms with van der Waals surface area (Å²) in [6, 6.07) is 21.9. The Hall–Kier alpha value is -3.16. The Balaban J connectivity index is 1.30. The van der Waals surface area contributed by atoms with Gasteiger partial charge in [0.1, 0.15) is 0 Å². The molecule has 0 saturated carbocycles. The quantitative estimate of drug-likeness (QED) is 0.504. The van der Waals surface area contributed by atoms with E-state index in [0.29, 0.717) is 11.4 Å². The summed E-state index contributed by atoms with van der Waals surface area (Å²) < 4.78 is 27.9. The van der Waals surface area contributed by atoms with Crippen LogP contribution in [0.1, 0.15) is 29.5 Å². The molecule has 1 saturated heterocycles. The molecule has 2 N–H and O–H groups in total. The lowest BCUT2D eigenvalue weighted by Gasteiger charge is -2.31. The third-order valence-corrected chi connectivity index (χ3v) is 7.71. The van der Waals surface area contributed by atoms with Crippen LogP contribution in [0.2, 0.25) is 0 Å². The van der Waals surface area contributed by atoms with Crippen LogP contribution in [-0.2, 0) is 21.4 Å². The van der Waals surface area contributed by atoms with Crippen LogP contribution in [0.4, 0.5) is 11.4 Å². The highest BCUT2D eigenvalue weighted by atomic mass is 32.2. The van der Waals surface area contributed by atoms with E-state index in [4.69, 9.17) is 0 Å². The van der Waals surface area contributed by atoms with Crippen LogP contribution >= 0.6 is 0 Å². The molecule has 0 radical (unpaired) electrons. The number of carbonyl (C=O) groups excluding carboxylic acids is 1. The molecule has 0 aliphatic carbocycles. The van der Waals surface area contributed by atoms with Gasteiger partial charge in [-0.1, -0.05) is 36.4 Å². The number of amides is 1. The second-order valence-electron chi connectivity index (χ2n) is 8.97. The number of sulfonamides is 1. The van der Waals surface area contributed by atoms with Gasteiger partial charge < -0.3 is 5.32 Å². The summed E-state index contributed by atoms with van der Waals surface area (Å²) in [6.45, 7) is 6.71. The van der Waals surface area contributed by atoms with E-state index in [1.165, 1.54) is 23.3 Å². The van der Waals surface area contributed by atoms with E-state index in [-0.39, 0.29) is 16.7 Å². The van der Waals surface area contributed by atoms with Crippen molar-refractivity contribution in [1.82, 2.24) is 4.90 Å². The zero-order valence-corrected chi connectivity index (χ0v) is 20.4. The van der Waals surface area contributed by atoms with Crippen molar-refractivity contribution in [1.29, 1.82) is 0 Å². The molecular formula is C27H31N3O3S. The van der Waals surface area contributed by atoms with Gasteiger partial charge in [0.25, 0.3) is 10.0 Å². The average Bonchev–Trinajstić information content (AvgIpc) is 2.81. The highest BCUT2D eigenvalue weighted by Gasteiger charge is 2.25. The number of likely N-dealkylation sites (tertiary alicyclic amines) is 1. The average molecular weight is 478 g/mol. The number of hydrogen-bond acceptors (Lipinski definition) is 4. The second kappa shape index (κ2) is 10.4. The predicted molar refractivity (Wildman–Crippen MR) is 136 cm³/mol. The molecule has 1 amide bonds. The maximum absolute atomic E-state index is 12.8. The van der Waals surface area contributed by atoms with Crippen molar-refractivity contribution in [3.63, 3.8) is 0 Å². The Labute approximate surface area is 202 Å². The molecule has 1 aliphatic rings. The van der Waals surface area contributed by atoms with Crippen LogP contribution in [0.3, 0.4) is 0 Å². The molecule has 0 unspecified atom stereocenters. The number of aryl methyl sites for hydroxylation is 2. The highest BCUT2D eigenvalue weighted by molar-refractivity contribution is 7.92. The van der Waals surface area contributed by atoms with Crippen molar-refractivity contribution >= 4 is 27.3 Å². The molecule has 6 nitrogen and oxygen atoms in total. The smallest absolute Gasteiger partial charge is 0.261 e. The summed E-state index contributed by atoms with van der Waals surface area (Å²) in [5.41, 5.74) is 4.71. The van der Waals surface area contributed by atoms with Crippen LogP contribution in [0.25, 0.3) is 0 Å². The van der Waals surface area contributed by atoms with Crippen molar-refractivity contribution in [2.75, 3.05) is 23.1 Å². The van der Waals surface area contributed by atoms with Gasteiger partial charge in [0.15, 0.2) is 0 Å². The molecular weight excluding hydrogens is 446 g/mol. The van der Waals surface area contributed by atoms with Crippen LogP contribution in [-0.4, -0.2) is 32.3 Å². The van der Waals surface area contributed by atoms with Crippen LogP contribution in [0.5, 0.6) is 0 Å². The number of carbonyl (C=O) groups is 1. The van der Waals surface area contributed by atoms with Crippen LogP contribution < -0.4 is 10.0 Å². The van der Waals surface area contributed by atoms with Gasteiger partial charge in [-0.25, -0.2) is 8.42 Å². The van der Waals surface area contributed by atoms with Crippen molar-refractivity contribution in [3.05, 3.63) is 89.5 Å². The zero-order valence-electron chi connectivity index (χ0n) is 19.6. The van der Waals surface area contributed by atoms with Gasteiger partial charge in [0.2, 0.25) is 5.91 Å². The summed E-state index contributed by atoms with van der Waals surface area (Å²) >= 11 is 0. The van der Waals surface area contributed by atoms with E-state index in [2.05, 4.69) is 46.1 Å². The van der Waals surface area contributed by atoms with Crippen LogP contribution in [0.15, 0.2) is 77.7 Å². The molecule has 3 aromatic carbocycles. The predicted octanol–water partition coefficient (Wildman–Crippen LogP) is 4.95. The first-order valence-electron chi connectivity index (χ1n) is 11.6. The topological polar surface area (TPSA) is 78.5 Å². The number of rotatable bonds is 7. The minimum Gasteiger partial charge on any atom is -0.326 e. The number of piperidine rings is 1. The first-order valence-corrected chi connectivity index (χ1v) is 13.1. The van der Waals surface area contributed by atoms with Gasteiger partial charge in [-0.05, 0) is 92.9 Å². The number of anilines is 2. The molecule has 0 bridgehead atoms. The van der Waals surface area contributed by atoms with E-state index >= 15 is 0 Å². The lowest BCUT2D eigenvalue weighted by Crippen LogP contribution is -2.37. The SMILES string of the molecule is Cc1cccc(NS(=O)(=O)c2ccc(NC(=O)C3CCN(Cc4ccccc4C)CC3)cc2)c1. The van der Waals surface area contributed by atoms with Gasteiger partial charge in [0, 0.05) is 23.8 Å². The van der Waals surface area contributed by atoms with Crippen LogP contribution in [0, 0.1) is 19.8 Å². The summed E-state index contributed by atoms with van der Waals surface area (Å²) in [6.07, 6.45) is 1.62. The number of nitrogens with zero attached hydrogens (tertiary/aromatic N) is 1. The largest absolute Gasteiger partial charge is 0.326 e.